The highest BCUT2D eigenvalue weighted by Gasteiger charge is 2.30. The summed E-state index contributed by atoms with van der Waals surface area (Å²) in [5.74, 6) is -0.417. The highest BCUT2D eigenvalue weighted by atomic mass is 32.1. The van der Waals surface area contributed by atoms with Crippen LogP contribution >= 0.6 is 12.2 Å². The number of halogens is 3. The van der Waals surface area contributed by atoms with E-state index in [1.54, 1.807) is 0 Å². The maximum absolute atomic E-state index is 12.4. The lowest BCUT2D eigenvalue weighted by molar-refractivity contribution is -0.137. The van der Waals surface area contributed by atoms with Gasteiger partial charge in [0.1, 0.15) is 0 Å². The zero-order chi connectivity index (χ0) is 13.8. The third kappa shape index (κ3) is 4.70. The van der Waals surface area contributed by atoms with E-state index in [9.17, 15) is 18.0 Å². The molecule has 0 aliphatic heterocycles. The molecule has 0 bridgehead atoms. The van der Waals surface area contributed by atoms with Gasteiger partial charge in [-0.05, 0) is 17.7 Å². The van der Waals surface area contributed by atoms with Crippen molar-refractivity contribution >= 4 is 23.1 Å². The second kappa shape index (κ2) is 5.81. The predicted octanol–water partition coefficient (Wildman–Crippen LogP) is 2.00. The highest BCUT2D eigenvalue weighted by molar-refractivity contribution is 7.80. The standard InChI is InChI=1S/C11H11F3N2OS/c12-11(13,14)8-3-1-2-7(4-8)6-16-10(17)5-9(15)18/h1-4H,5-6H2,(H2,15,18)(H,16,17). The molecular formula is C11H11F3N2OS. The van der Waals surface area contributed by atoms with Crippen LogP contribution < -0.4 is 11.1 Å². The summed E-state index contributed by atoms with van der Waals surface area (Å²) < 4.78 is 37.3. The molecule has 0 spiro atoms. The van der Waals surface area contributed by atoms with Gasteiger partial charge in [-0.1, -0.05) is 24.4 Å². The Balaban J connectivity index is 2.63. The van der Waals surface area contributed by atoms with E-state index in [-0.39, 0.29) is 18.0 Å². The van der Waals surface area contributed by atoms with Gasteiger partial charge >= 0.3 is 6.18 Å². The SMILES string of the molecule is NC(=S)CC(=O)NCc1cccc(C(F)(F)F)c1. The second-order valence-corrected chi connectivity index (χ2v) is 4.14. The van der Waals surface area contributed by atoms with E-state index in [2.05, 4.69) is 17.5 Å². The Bertz CT molecular complexity index is 460. The Morgan fingerprint density at radius 3 is 2.61 bits per heavy atom. The van der Waals surface area contributed by atoms with E-state index >= 15 is 0 Å². The Morgan fingerprint density at radius 2 is 2.06 bits per heavy atom. The van der Waals surface area contributed by atoms with Gasteiger partial charge < -0.3 is 11.1 Å². The van der Waals surface area contributed by atoms with Gasteiger partial charge in [-0.25, -0.2) is 0 Å². The molecule has 1 amide bonds. The number of hydrogen-bond donors (Lipinski definition) is 2. The van der Waals surface area contributed by atoms with Crippen LogP contribution in [0.5, 0.6) is 0 Å². The van der Waals surface area contributed by atoms with Crippen molar-refractivity contribution in [1.29, 1.82) is 0 Å². The molecule has 0 aliphatic rings. The average molecular weight is 276 g/mol. The summed E-state index contributed by atoms with van der Waals surface area (Å²) in [6, 6.07) is 4.75. The van der Waals surface area contributed by atoms with Gasteiger partial charge in [-0.15, -0.1) is 0 Å². The minimum absolute atomic E-state index is 0.00532. The highest BCUT2D eigenvalue weighted by Crippen LogP contribution is 2.29. The summed E-state index contributed by atoms with van der Waals surface area (Å²) in [5.41, 5.74) is 4.78. The minimum atomic E-state index is -4.39. The van der Waals surface area contributed by atoms with Crippen molar-refractivity contribution in [2.75, 3.05) is 0 Å². The van der Waals surface area contributed by atoms with Crippen LogP contribution in [0.3, 0.4) is 0 Å². The van der Waals surface area contributed by atoms with Gasteiger partial charge in [-0.2, -0.15) is 13.2 Å². The molecule has 18 heavy (non-hydrogen) atoms. The Kier molecular flexibility index (Phi) is 4.66. The molecule has 0 aromatic heterocycles. The number of benzene rings is 1. The van der Waals surface area contributed by atoms with E-state index in [0.29, 0.717) is 5.56 Å². The van der Waals surface area contributed by atoms with Crippen LogP contribution in [0, 0.1) is 0 Å². The Morgan fingerprint density at radius 1 is 1.39 bits per heavy atom. The zero-order valence-electron chi connectivity index (χ0n) is 9.25. The van der Waals surface area contributed by atoms with E-state index in [1.807, 2.05) is 0 Å². The lowest BCUT2D eigenvalue weighted by Crippen LogP contribution is -2.27. The molecule has 0 unspecified atom stereocenters. The normalized spacial score (nSPS) is 11.1. The van der Waals surface area contributed by atoms with Crippen LogP contribution in [-0.2, 0) is 17.5 Å². The third-order valence-corrected chi connectivity index (χ3v) is 2.22. The number of alkyl halides is 3. The summed E-state index contributed by atoms with van der Waals surface area (Å²) in [6.07, 6.45) is -4.51. The fourth-order valence-electron chi connectivity index (χ4n) is 1.28. The molecular weight excluding hydrogens is 265 g/mol. The molecule has 1 aromatic rings. The minimum Gasteiger partial charge on any atom is -0.393 e. The number of carbonyl (C=O) groups is 1. The number of amides is 1. The van der Waals surface area contributed by atoms with E-state index in [1.165, 1.54) is 12.1 Å². The predicted molar refractivity (Wildman–Crippen MR) is 64.7 cm³/mol. The van der Waals surface area contributed by atoms with Crippen LogP contribution in [0.25, 0.3) is 0 Å². The molecule has 0 atom stereocenters. The van der Waals surface area contributed by atoms with Gasteiger partial charge in [0.15, 0.2) is 0 Å². The van der Waals surface area contributed by atoms with Gasteiger partial charge in [0.05, 0.1) is 17.0 Å². The maximum atomic E-state index is 12.4. The first-order valence-corrected chi connectivity index (χ1v) is 5.41. The number of rotatable bonds is 4. The van der Waals surface area contributed by atoms with Crippen LogP contribution in [0.15, 0.2) is 24.3 Å². The van der Waals surface area contributed by atoms with Crippen LogP contribution in [-0.4, -0.2) is 10.9 Å². The Hall–Kier alpha value is -1.63. The molecule has 1 aromatic carbocycles. The molecule has 0 saturated heterocycles. The summed E-state index contributed by atoms with van der Waals surface area (Å²) in [5, 5.41) is 2.44. The van der Waals surface area contributed by atoms with E-state index < -0.39 is 17.6 Å². The summed E-state index contributed by atoms with van der Waals surface area (Å²) >= 11 is 4.54. The van der Waals surface area contributed by atoms with E-state index in [0.717, 1.165) is 12.1 Å². The second-order valence-electron chi connectivity index (χ2n) is 3.62. The number of thiocarbonyl (C=S) groups is 1. The molecule has 0 aliphatic carbocycles. The van der Waals surface area contributed by atoms with Gasteiger partial charge in [-0.3, -0.25) is 4.79 Å². The maximum Gasteiger partial charge on any atom is 0.416 e. The third-order valence-electron chi connectivity index (χ3n) is 2.08. The number of nitrogens with one attached hydrogen (secondary N) is 1. The number of hydrogen-bond acceptors (Lipinski definition) is 2. The number of carbonyl (C=O) groups excluding carboxylic acids is 1. The van der Waals surface area contributed by atoms with Gasteiger partial charge in [0, 0.05) is 6.54 Å². The number of nitrogens with two attached hydrogens (primary N) is 1. The molecule has 0 fully saturated rings. The smallest absolute Gasteiger partial charge is 0.393 e. The van der Waals surface area contributed by atoms with Crippen molar-refractivity contribution in [3.8, 4) is 0 Å². The van der Waals surface area contributed by atoms with Crippen molar-refractivity contribution in [3.63, 3.8) is 0 Å². The first-order chi connectivity index (χ1) is 8.29. The fourth-order valence-corrected chi connectivity index (χ4v) is 1.41. The first-order valence-electron chi connectivity index (χ1n) is 5.00. The van der Waals surface area contributed by atoms with Crippen molar-refractivity contribution < 1.29 is 18.0 Å². The summed E-state index contributed by atoms with van der Waals surface area (Å²) in [6.45, 7) is 0.00532. The lowest BCUT2D eigenvalue weighted by atomic mass is 10.1. The molecule has 7 heteroatoms. The largest absolute Gasteiger partial charge is 0.416 e. The van der Waals surface area contributed by atoms with Crippen LogP contribution in [0.2, 0.25) is 0 Å². The molecule has 1 rings (SSSR count). The first kappa shape index (κ1) is 14.4. The van der Waals surface area contributed by atoms with Crippen molar-refractivity contribution in [2.45, 2.75) is 19.1 Å². The lowest BCUT2D eigenvalue weighted by Gasteiger charge is -2.09. The van der Waals surface area contributed by atoms with E-state index in [4.69, 9.17) is 5.73 Å². The molecule has 0 radical (unpaired) electrons. The summed E-state index contributed by atoms with van der Waals surface area (Å²) in [4.78, 5) is 11.2. The molecule has 3 N–H and O–H groups in total. The molecule has 98 valence electrons. The quantitative estimate of drug-likeness (QED) is 0.827. The molecule has 0 saturated carbocycles. The summed E-state index contributed by atoms with van der Waals surface area (Å²) in [7, 11) is 0. The van der Waals surface area contributed by atoms with Crippen LogP contribution in [0.1, 0.15) is 17.5 Å². The molecule has 0 heterocycles. The average Bonchev–Trinajstić information content (AvgIpc) is 2.25. The topological polar surface area (TPSA) is 55.1 Å². The fraction of sp³-hybridized carbons (Fsp3) is 0.273. The van der Waals surface area contributed by atoms with Gasteiger partial charge in [0.2, 0.25) is 5.91 Å². The van der Waals surface area contributed by atoms with Gasteiger partial charge in [0.25, 0.3) is 0 Å². The van der Waals surface area contributed by atoms with Crippen molar-refractivity contribution in [3.05, 3.63) is 35.4 Å². The van der Waals surface area contributed by atoms with Crippen molar-refractivity contribution in [2.24, 2.45) is 5.73 Å². The monoisotopic (exact) mass is 276 g/mol. The van der Waals surface area contributed by atoms with Crippen LogP contribution in [0.4, 0.5) is 13.2 Å². The zero-order valence-corrected chi connectivity index (χ0v) is 10.1. The Labute approximate surface area is 107 Å². The van der Waals surface area contributed by atoms with Crippen molar-refractivity contribution in [1.82, 2.24) is 5.32 Å². The molecule has 3 nitrogen and oxygen atoms in total.